The largest absolute Gasteiger partial charge is 0.397 e. The van der Waals surface area contributed by atoms with E-state index >= 15 is 0 Å². The third-order valence-corrected chi connectivity index (χ3v) is 3.01. The van der Waals surface area contributed by atoms with Crippen LogP contribution in [0.3, 0.4) is 0 Å². The fraction of sp³-hybridized carbons (Fsp3) is 0.0833. The highest BCUT2D eigenvalue weighted by Crippen LogP contribution is 2.26. The molecular formula is C12H10BrF2N3. The Balaban J connectivity index is 2.34. The second-order valence-electron chi connectivity index (χ2n) is 3.74. The van der Waals surface area contributed by atoms with Crippen molar-refractivity contribution in [3.63, 3.8) is 0 Å². The van der Waals surface area contributed by atoms with Crippen LogP contribution < -0.4 is 11.1 Å². The van der Waals surface area contributed by atoms with Gasteiger partial charge in [-0.3, -0.25) is 0 Å². The molecule has 0 saturated carbocycles. The highest BCUT2D eigenvalue weighted by molar-refractivity contribution is 9.10. The number of benzene rings is 1. The monoisotopic (exact) mass is 313 g/mol. The first-order valence-electron chi connectivity index (χ1n) is 5.12. The predicted molar refractivity (Wildman–Crippen MR) is 70.7 cm³/mol. The topological polar surface area (TPSA) is 50.9 Å². The van der Waals surface area contributed by atoms with Crippen LogP contribution in [0.25, 0.3) is 0 Å². The summed E-state index contributed by atoms with van der Waals surface area (Å²) in [6.07, 6.45) is 0. The Morgan fingerprint density at radius 3 is 2.61 bits per heavy atom. The second kappa shape index (κ2) is 4.89. The molecule has 0 aliphatic rings. The molecule has 1 aromatic heterocycles. The van der Waals surface area contributed by atoms with E-state index in [1.807, 2.05) is 0 Å². The Hall–Kier alpha value is -1.69. The molecule has 2 aromatic rings. The number of rotatable bonds is 2. The molecule has 0 atom stereocenters. The number of halogens is 3. The maximum atomic E-state index is 13.5. The quantitative estimate of drug-likeness (QED) is 0.830. The van der Waals surface area contributed by atoms with Crippen molar-refractivity contribution >= 4 is 33.1 Å². The van der Waals surface area contributed by atoms with Crippen LogP contribution in [0.4, 0.5) is 26.0 Å². The Labute approximate surface area is 111 Å². The predicted octanol–water partition coefficient (Wildman–Crippen LogP) is 3.76. The highest BCUT2D eigenvalue weighted by atomic mass is 79.9. The van der Waals surface area contributed by atoms with Crippen LogP contribution in [0.1, 0.15) is 5.69 Å². The summed E-state index contributed by atoms with van der Waals surface area (Å²) in [6, 6.07) is 5.41. The van der Waals surface area contributed by atoms with Crippen LogP contribution in [0.5, 0.6) is 0 Å². The van der Waals surface area contributed by atoms with E-state index in [9.17, 15) is 8.78 Å². The van der Waals surface area contributed by atoms with Gasteiger partial charge in [0, 0.05) is 6.07 Å². The molecule has 18 heavy (non-hydrogen) atoms. The molecule has 0 saturated heterocycles. The van der Waals surface area contributed by atoms with E-state index in [1.54, 1.807) is 19.1 Å². The summed E-state index contributed by atoms with van der Waals surface area (Å²) in [4.78, 5) is 4.15. The number of nitrogens with zero attached hydrogens (tertiary/aromatic N) is 1. The molecule has 6 heteroatoms. The zero-order valence-corrected chi connectivity index (χ0v) is 11.1. The van der Waals surface area contributed by atoms with Gasteiger partial charge in [-0.25, -0.2) is 13.8 Å². The molecule has 1 aromatic carbocycles. The minimum absolute atomic E-state index is 0.139. The summed E-state index contributed by atoms with van der Waals surface area (Å²) < 4.78 is 26.8. The number of pyridine rings is 1. The fourth-order valence-electron chi connectivity index (χ4n) is 1.40. The van der Waals surface area contributed by atoms with Crippen molar-refractivity contribution in [1.82, 2.24) is 4.98 Å². The Bertz CT molecular complexity index is 602. The third-order valence-electron chi connectivity index (χ3n) is 2.40. The van der Waals surface area contributed by atoms with Crippen molar-refractivity contribution in [2.24, 2.45) is 0 Å². The van der Waals surface area contributed by atoms with Gasteiger partial charge in [-0.1, -0.05) is 0 Å². The summed E-state index contributed by atoms with van der Waals surface area (Å²) in [5.74, 6) is -0.898. The molecule has 0 unspecified atom stereocenters. The van der Waals surface area contributed by atoms with Crippen molar-refractivity contribution < 1.29 is 8.78 Å². The van der Waals surface area contributed by atoms with Crippen molar-refractivity contribution in [3.8, 4) is 0 Å². The van der Waals surface area contributed by atoms with Gasteiger partial charge in [-0.15, -0.1) is 0 Å². The van der Waals surface area contributed by atoms with E-state index in [0.29, 0.717) is 17.2 Å². The van der Waals surface area contributed by atoms with Gasteiger partial charge in [0.1, 0.15) is 17.5 Å². The Morgan fingerprint density at radius 2 is 1.94 bits per heavy atom. The van der Waals surface area contributed by atoms with Gasteiger partial charge < -0.3 is 11.1 Å². The van der Waals surface area contributed by atoms with E-state index < -0.39 is 11.6 Å². The lowest BCUT2D eigenvalue weighted by Gasteiger charge is -2.09. The third kappa shape index (κ3) is 2.59. The lowest BCUT2D eigenvalue weighted by molar-refractivity contribution is 0.581. The molecule has 0 aliphatic carbocycles. The number of nitrogen functional groups attached to an aromatic ring is 1. The van der Waals surface area contributed by atoms with Crippen LogP contribution in [-0.4, -0.2) is 4.98 Å². The van der Waals surface area contributed by atoms with Gasteiger partial charge in [0.05, 0.1) is 21.5 Å². The summed E-state index contributed by atoms with van der Waals surface area (Å²) in [6.45, 7) is 1.75. The van der Waals surface area contributed by atoms with Crippen molar-refractivity contribution in [2.45, 2.75) is 6.92 Å². The average Bonchev–Trinajstić information content (AvgIpc) is 2.31. The van der Waals surface area contributed by atoms with Crippen LogP contribution in [-0.2, 0) is 0 Å². The Morgan fingerprint density at radius 1 is 1.22 bits per heavy atom. The highest BCUT2D eigenvalue weighted by Gasteiger charge is 2.09. The maximum Gasteiger partial charge on any atom is 0.149 e. The number of hydrogen-bond acceptors (Lipinski definition) is 3. The molecule has 1 heterocycles. The smallest absolute Gasteiger partial charge is 0.149 e. The minimum atomic E-state index is -0.688. The van der Waals surface area contributed by atoms with E-state index in [2.05, 4.69) is 26.2 Å². The normalized spacial score (nSPS) is 10.4. The fourth-order valence-corrected chi connectivity index (χ4v) is 1.74. The second-order valence-corrected chi connectivity index (χ2v) is 4.60. The molecule has 0 aliphatic heterocycles. The summed E-state index contributed by atoms with van der Waals surface area (Å²) in [7, 11) is 0. The van der Waals surface area contributed by atoms with Gasteiger partial charge in [0.15, 0.2) is 0 Å². The zero-order valence-electron chi connectivity index (χ0n) is 9.47. The van der Waals surface area contributed by atoms with Crippen LogP contribution in [0.2, 0.25) is 0 Å². The maximum absolute atomic E-state index is 13.5. The van der Waals surface area contributed by atoms with E-state index in [4.69, 9.17) is 5.73 Å². The first kappa shape index (κ1) is 12.8. The Kier molecular flexibility index (Phi) is 3.47. The molecule has 3 N–H and O–H groups in total. The van der Waals surface area contributed by atoms with Crippen molar-refractivity contribution in [1.29, 1.82) is 0 Å². The standard InChI is InChI=1S/C12H10BrF2N3/c1-6-10(16)2-3-12(17-6)18-11-4-7(13)8(14)5-9(11)15/h2-5H,16H2,1H3,(H,17,18). The number of aryl methyl sites for hydroxylation is 1. The minimum Gasteiger partial charge on any atom is -0.397 e. The molecule has 0 bridgehead atoms. The van der Waals surface area contributed by atoms with Gasteiger partial charge >= 0.3 is 0 Å². The van der Waals surface area contributed by atoms with E-state index in [0.717, 1.165) is 6.07 Å². The molecule has 0 amide bonds. The SMILES string of the molecule is Cc1nc(Nc2cc(Br)c(F)cc2F)ccc1N. The molecule has 0 radical (unpaired) electrons. The first-order valence-corrected chi connectivity index (χ1v) is 5.91. The number of anilines is 3. The molecule has 2 rings (SSSR count). The van der Waals surface area contributed by atoms with E-state index in [-0.39, 0.29) is 10.2 Å². The van der Waals surface area contributed by atoms with Gasteiger partial charge in [0.2, 0.25) is 0 Å². The van der Waals surface area contributed by atoms with Crippen molar-refractivity contribution in [2.75, 3.05) is 11.1 Å². The number of nitrogens with one attached hydrogen (secondary N) is 1. The van der Waals surface area contributed by atoms with Gasteiger partial charge in [0.25, 0.3) is 0 Å². The van der Waals surface area contributed by atoms with Crippen LogP contribution in [0.15, 0.2) is 28.7 Å². The van der Waals surface area contributed by atoms with Gasteiger partial charge in [-0.2, -0.15) is 0 Å². The average molecular weight is 314 g/mol. The molecule has 0 spiro atoms. The number of nitrogens with two attached hydrogens (primary N) is 1. The molecule has 94 valence electrons. The lowest BCUT2D eigenvalue weighted by Crippen LogP contribution is -2.00. The summed E-state index contributed by atoms with van der Waals surface area (Å²) in [5, 5.41) is 2.77. The number of aromatic nitrogens is 1. The van der Waals surface area contributed by atoms with Crippen molar-refractivity contribution in [3.05, 3.63) is 46.1 Å². The molecular weight excluding hydrogens is 304 g/mol. The van der Waals surface area contributed by atoms with E-state index in [1.165, 1.54) is 6.07 Å². The summed E-state index contributed by atoms with van der Waals surface area (Å²) >= 11 is 3.00. The lowest BCUT2D eigenvalue weighted by atomic mass is 10.2. The zero-order chi connectivity index (χ0) is 13.3. The first-order chi connectivity index (χ1) is 8.47. The van der Waals surface area contributed by atoms with Crippen LogP contribution in [0, 0.1) is 18.6 Å². The van der Waals surface area contributed by atoms with Crippen LogP contribution >= 0.6 is 15.9 Å². The number of hydrogen-bond donors (Lipinski definition) is 2. The van der Waals surface area contributed by atoms with Gasteiger partial charge in [-0.05, 0) is 41.1 Å². The molecule has 0 fully saturated rings. The molecule has 3 nitrogen and oxygen atoms in total. The summed E-state index contributed by atoms with van der Waals surface area (Å²) in [5.41, 5.74) is 6.97.